The quantitative estimate of drug-likeness (QED) is 0.462. The molecule has 2 N–H and O–H groups in total. The molecule has 0 saturated carbocycles. The number of methoxy groups -OCH3 is 1. The number of carbonyl (C=O) groups is 1. The van der Waals surface area contributed by atoms with Crippen LogP contribution in [0.15, 0.2) is 59.7 Å². The van der Waals surface area contributed by atoms with Gasteiger partial charge in [-0.1, -0.05) is 29.8 Å². The van der Waals surface area contributed by atoms with E-state index >= 15 is 0 Å². The molecule has 1 heterocycles. The van der Waals surface area contributed by atoms with Gasteiger partial charge in [-0.05, 0) is 49.8 Å². The molecular formula is C25H26ClN3O5. The van der Waals surface area contributed by atoms with Crippen molar-refractivity contribution >= 4 is 29.7 Å². The van der Waals surface area contributed by atoms with Crippen LogP contribution in [0.2, 0.25) is 5.02 Å². The Balaban J connectivity index is 1.76. The lowest BCUT2D eigenvalue weighted by atomic mass is 10.1. The topological polar surface area (TPSA) is 106 Å². The smallest absolute Gasteiger partial charge is 0.320 e. The van der Waals surface area contributed by atoms with E-state index in [2.05, 4.69) is 4.98 Å². The maximum absolute atomic E-state index is 12.7. The fourth-order valence-corrected chi connectivity index (χ4v) is 3.14. The van der Waals surface area contributed by atoms with Gasteiger partial charge in [0.25, 0.3) is 5.56 Å². The van der Waals surface area contributed by atoms with Crippen LogP contribution in [-0.2, 0) is 9.53 Å². The minimum absolute atomic E-state index is 0.0879. The lowest BCUT2D eigenvalue weighted by Gasteiger charge is -2.25. The van der Waals surface area contributed by atoms with Crippen molar-refractivity contribution in [3.63, 3.8) is 0 Å². The lowest BCUT2D eigenvalue weighted by Crippen LogP contribution is -2.37. The van der Waals surface area contributed by atoms with Gasteiger partial charge >= 0.3 is 5.97 Å². The maximum atomic E-state index is 12.7. The van der Waals surface area contributed by atoms with E-state index in [9.17, 15) is 9.59 Å². The number of carbonyl (C=O) groups excluding carboxylic acids is 1. The minimum atomic E-state index is -0.879. The third-order valence-corrected chi connectivity index (χ3v) is 4.96. The normalized spacial score (nSPS) is 11.4. The number of halogens is 1. The zero-order valence-corrected chi connectivity index (χ0v) is 19.9. The molecule has 0 radical (unpaired) electrons. The summed E-state index contributed by atoms with van der Waals surface area (Å²) >= 11 is 5.90. The van der Waals surface area contributed by atoms with Gasteiger partial charge < -0.3 is 19.9 Å². The molecule has 0 spiro atoms. The van der Waals surface area contributed by atoms with Crippen molar-refractivity contribution in [1.82, 2.24) is 9.55 Å². The number of rotatable bonds is 9. The third kappa shape index (κ3) is 6.69. The van der Waals surface area contributed by atoms with Gasteiger partial charge in [0.2, 0.25) is 0 Å². The molecule has 0 bridgehead atoms. The molecule has 178 valence electrons. The molecule has 34 heavy (non-hydrogen) atoms. The zero-order chi connectivity index (χ0) is 24.7. The van der Waals surface area contributed by atoms with Crippen LogP contribution < -0.4 is 20.8 Å². The summed E-state index contributed by atoms with van der Waals surface area (Å²) in [4.78, 5) is 28.5. The summed E-state index contributed by atoms with van der Waals surface area (Å²) in [5.41, 5.74) is 6.19. The molecule has 9 heteroatoms. The first-order valence-corrected chi connectivity index (χ1v) is 10.8. The Bertz CT molecular complexity index is 1240. The van der Waals surface area contributed by atoms with Gasteiger partial charge in [0.05, 0.1) is 25.0 Å². The summed E-state index contributed by atoms with van der Waals surface area (Å²) in [5, 5.41) is 0.656. The molecule has 0 aliphatic carbocycles. The SMILES string of the molecule is COc1cc(-n2cnc(C=Cc3ccc(Cl)cc3)cc2=O)ccc1OCC(C)(C)OC(=O)CN. The van der Waals surface area contributed by atoms with Crippen LogP contribution in [-0.4, -0.2) is 41.4 Å². The highest BCUT2D eigenvalue weighted by Gasteiger charge is 2.24. The standard InChI is InChI=1S/C25H26ClN3O5/c1-25(2,34-24(31)14-27)15-33-21-11-10-20(13-22(21)32-3)29-16-28-19(12-23(29)30)9-6-17-4-7-18(26)8-5-17/h4-13,16H,14-15,27H2,1-3H3. The van der Waals surface area contributed by atoms with Gasteiger partial charge in [0, 0.05) is 17.2 Å². The first-order chi connectivity index (χ1) is 16.2. The molecule has 0 saturated heterocycles. The van der Waals surface area contributed by atoms with Crippen LogP contribution in [0, 0.1) is 0 Å². The Labute approximate surface area is 202 Å². The van der Waals surface area contributed by atoms with Crippen LogP contribution >= 0.6 is 11.6 Å². The van der Waals surface area contributed by atoms with E-state index in [-0.39, 0.29) is 18.7 Å². The highest BCUT2D eigenvalue weighted by molar-refractivity contribution is 6.30. The summed E-state index contributed by atoms with van der Waals surface area (Å²) in [6, 6.07) is 13.8. The van der Waals surface area contributed by atoms with E-state index in [4.69, 9.17) is 31.5 Å². The van der Waals surface area contributed by atoms with Crippen molar-refractivity contribution in [1.29, 1.82) is 0 Å². The van der Waals surface area contributed by atoms with E-state index in [0.29, 0.717) is 27.9 Å². The lowest BCUT2D eigenvalue weighted by molar-refractivity contribution is -0.157. The highest BCUT2D eigenvalue weighted by atomic mass is 35.5. The van der Waals surface area contributed by atoms with E-state index < -0.39 is 11.6 Å². The fraction of sp³-hybridized carbons (Fsp3) is 0.240. The second kappa shape index (κ2) is 11.0. The van der Waals surface area contributed by atoms with E-state index in [1.165, 1.54) is 24.1 Å². The molecule has 3 rings (SSSR count). The molecule has 3 aromatic rings. The Morgan fingerprint density at radius 2 is 1.85 bits per heavy atom. The highest BCUT2D eigenvalue weighted by Crippen LogP contribution is 2.30. The largest absolute Gasteiger partial charge is 0.493 e. The molecule has 0 unspecified atom stereocenters. The molecule has 0 amide bonds. The first-order valence-electron chi connectivity index (χ1n) is 10.5. The Kier molecular flexibility index (Phi) is 8.09. The van der Waals surface area contributed by atoms with Crippen LogP contribution in [0.5, 0.6) is 11.5 Å². The molecule has 0 aliphatic rings. The first kappa shape index (κ1) is 25.0. The number of ether oxygens (including phenoxy) is 3. The molecule has 1 aromatic heterocycles. The van der Waals surface area contributed by atoms with Crippen molar-refractivity contribution in [3.05, 3.63) is 81.5 Å². The number of nitrogens with two attached hydrogens (primary N) is 1. The summed E-state index contributed by atoms with van der Waals surface area (Å²) in [7, 11) is 1.50. The zero-order valence-electron chi connectivity index (χ0n) is 19.2. The predicted octanol–water partition coefficient (Wildman–Crippen LogP) is 3.72. The molecule has 0 atom stereocenters. The minimum Gasteiger partial charge on any atom is -0.493 e. The van der Waals surface area contributed by atoms with Gasteiger partial charge in [-0.15, -0.1) is 0 Å². The summed E-state index contributed by atoms with van der Waals surface area (Å²) in [5.74, 6) is 0.331. The van der Waals surface area contributed by atoms with E-state index in [0.717, 1.165) is 5.56 Å². The van der Waals surface area contributed by atoms with Gasteiger partial charge in [0.1, 0.15) is 18.5 Å². The third-order valence-electron chi connectivity index (χ3n) is 4.71. The second-order valence-corrected chi connectivity index (χ2v) is 8.41. The molecular weight excluding hydrogens is 458 g/mol. The average molecular weight is 484 g/mol. The van der Waals surface area contributed by atoms with E-state index in [1.807, 2.05) is 18.2 Å². The maximum Gasteiger partial charge on any atom is 0.320 e. The van der Waals surface area contributed by atoms with E-state index in [1.54, 1.807) is 50.3 Å². The molecule has 0 aliphatic heterocycles. The van der Waals surface area contributed by atoms with Crippen molar-refractivity contribution in [2.75, 3.05) is 20.3 Å². The van der Waals surface area contributed by atoms with Crippen LogP contribution in [0.1, 0.15) is 25.1 Å². The average Bonchev–Trinajstić information content (AvgIpc) is 2.82. The predicted molar refractivity (Wildman–Crippen MR) is 131 cm³/mol. The number of hydrogen-bond acceptors (Lipinski definition) is 7. The summed E-state index contributed by atoms with van der Waals surface area (Å²) < 4.78 is 17.9. The van der Waals surface area contributed by atoms with Crippen LogP contribution in [0.3, 0.4) is 0 Å². The Morgan fingerprint density at radius 1 is 1.12 bits per heavy atom. The van der Waals surface area contributed by atoms with Crippen molar-refractivity contribution in [2.45, 2.75) is 19.4 Å². The second-order valence-electron chi connectivity index (χ2n) is 7.97. The number of nitrogens with zero attached hydrogens (tertiary/aromatic N) is 2. The monoisotopic (exact) mass is 483 g/mol. The van der Waals surface area contributed by atoms with Gasteiger partial charge in [-0.25, -0.2) is 4.98 Å². The number of aromatic nitrogens is 2. The molecule has 2 aromatic carbocycles. The van der Waals surface area contributed by atoms with Crippen LogP contribution in [0.25, 0.3) is 17.8 Å². The number of hydrogen-bond donors (Lipinski definition) is 1. The molecule has 0 fully saturated rings. The Hall–Kier alpha value is -3.62. The van der Waals surface area contributed by atoms with Crippen LogP contribution in [0.4, 0.5) is 0 Å². The number of benzene rings is 2. The number of esters is 1. The van der Waals surface area contributed by atoms with Gasteiger partial charge in [0.15, 0.2) is 11.5 Å². The van der Waals surface area contributed by atoms with Gasteiger partial charge in [-0.2, -0.15) is 0 Å². The summed E-state index contributed by atoms with van der Waals surface area (Å²) in [6.07, 6.45) is 5.06. The van der Waals surface area contributed by atoms with Gasteiger partial charge in [-0.3, -0.25) is 14.2 Å². The summed E-state index contributed by atoms with van der Waals surface area (Å²) in [6.45, 7) is 3.32. The molecule has 8 nitrogen and oxygen atoms in total. The van der Waals surface area contributed by atoms with Crippen molar-refractivity contribution in [3.8, 4) is 17.2 Å². The van der Waals surface area contributed by atoms with Crippen molar-refractivity contribution in [2.24, 2.45) is 5.73 Å². The fourth-order valence-electron chi connectivity index (χ4n) is 3.01. The Morgan fingerprint density at radius 3 is 2.50 bits per heavy atom. The van der Waals surface area contributed by atoms with Crippen molar-refractivity contribution < 1.29 is 19.0 Å².